The van der Waals surface area contributed by atoms with Crippen LogP contribution in [0.2, 0.25) is 0 Å². The van der Waals surface area contributed by atoms with Gasteiger partial charge in [0, 0.05) is 12.8 Å². The van der Waals surface area contributed by atoms with Gasteiger partial charge in [-0.25, -0.2) is 9.36 Å². The van der Waals surface area contributed by atoms with E-state index in [2.05, 4.69) is 0 Å². The zero-order valence-corrected chi connectivity index (χ0v) is 23.7. The molecule has 1 saturated heterocycles. The second kappa shape index (κ2) is 13.3. The average Bonchev–Trinajstić information content (AvgIpc) is 3.13. The van der Waals surface area contributed by atoms with Gasteiger partial charge in [0.1, 0.15) is 31.6 Å². The lowest BCUT2D eigenvalue weighted by atomic mass is 10.2. The van der Waals surface area contributed by atoms with Crippen molar-refractivity contribution in [1.82, 2.24) is 9.55 Å². The summed E-state index contributed by atoms with van der Waals surface area (Å²) in [6.07, 6.45) is -2.38. The molecule has 1 aromatic rings. The van der Waals surface area contributed by atoms with Crippen molar-refractivity contribution in [2.24, 2.45) is 0 Å². The number of alkyl halides is 6. The van der Waals surface area contributed by atoms with E-state index in [1.807, 2.05) is 0 Å². The van der Waals surface area contributed by atoms with Crippen LogP contribution in [0, 0.1) is 5.82 Å². The van der Waals surface area contributed by atoms with Crippen LogP contribution in [0.1, 0.15) is 32.4 Å². The van der Waals surface area contributed by atoms with Crippen LogP contribution in [0.25, 0.3) is 0 Å². The number of H-pyrrole nitrogens is 1. The first kappa shape index (κ1) is 32.1. The maximum absolute atomic E-state index is 13.8. The first-order chi connectivity index (χ1) is 16.5. The molecule has 11 nitrogen and oxygen atoms in total. The highest BCUT2D eigenvalue weighted by atomic mass is 35.6. The van der Waals surface area contributed by atoms with Crippen LogP contribution >= 0.6 is 77.4 Å². The minimum Gasteiger partial charge on any atom is -0.459 e. The van der Waals surface area contributed by atoms with E-state index in [-0.39, 0.29) is 12.8 Å². The van der Waals surface area contributed by atoms with E-state index < -0.39 is 76.7 Å². The number of nitrogens with one attached hydrogen (secondary N) is 1. The van der Waals surface area contributed by atoms with Crippen molar-refractivity contribution in [3.63, 3.8) is 0 Å². The largest absolute Gasteiger partial charge is 0.475 e. The second-order valence-electron chi connectivity index (χ2n) is 7.31. The SMILES string of the molecule is CCCC(=O)O[C@H]1C[C@H](n2cc(F)c(=O)[nH]c2=O)O[C@@H]1COP(=O)(OCC(Cl)(Cl)Cl)OCC(Cl)(Cl)Cl. The number of phosphoric ester groups is 1. The fourth-order valence-corrected chi connectivity index (χ4v) is 4.87. The van der Waals surface area contributed by atoms with Crippen molar-refractivity contribution >= 4 is 83.4 Å². The van der Waals surface area contributed by atoms with Crippen LogP contribution in [-0.2, 0) is 32.4 Å². The molecule has 206 valence electrons. The summed E-state index contributed by atoms with van der Waals surface area (Å²) in [6, 6.07) is 0. The molecule has 1 aromatic heterocycles. The first-order valence-electron chi connectivity index (χ1n) is 10.0. The molecule has 1 fully saturated rings. The zero-order valence-electron chi connectivity index (χ0n) is 18.3. The highest BCUT2D eigenvalue weighted by Crippen LogP contribution is 2.53. The highest BCUT2D eigenvalue weighted by molar-refractivity contribution is 7.48. The summed E-state index contributed by atoms with van der Waals surface area (Å²) in [6.45, 7) is -0.356. The molecular weight excluding hydrogens is 639 g/mol. The van der Waals surface area contributed by atoms with E-state index in [1.165, 1.54) is 0 Å². The number of rotatable bonds is 11. The molecule has 0 radical (unpaired) electrons. The van der Waals surface area contributed by atoms with Crippen molar-refractivity contribution in [2.45, 2.75) is 52.2 Å². The number of hydrogen-bond donors (Lipinski definition) is 1. The molecule has 1 aliphatic heterocycles. The summed E-state index contributed by atoms with van der Waals surface area (Å²) in [5, 5.41) is 0. The molecule has 2 rings (SSSR count). The van der Waals surface area contributed by atoms with Gasteiger partial charge >= 0.3 is 19.5 Å². The number of carbonyl (C=O) groups excluding carboxylic acids is 1. The Kier molecular flexibility index (Phi) is 11.9. The fraction of sp³-hybridized carbons (Fsp3) is 0.706. The number of aromatic nitrogens is 2. The maximum atomic E-state index is 13.8. The minimum atomic E-state index is -4.56. The summed E-state index contributed by atoms with van der Waals surface area (Å²) in [5.41, 5.74) is -2.20. The molecule has 0 aliphatic carbocycles. The number of nitrogens with zero attached hydrogens (tertiary/aromatic N) is 1. The van der Waals surface area contributed by atoms with Crippen LogP contribution in [0.15, 0.2) is 15.8 Å². The molecule has 3 atom stereocenters. The number of esters is 1. The van der Waals surface area contributed by atoms with Crippen molar-refractivity contribution < 1.29 is 36.8 Å². The number of phosphoric acid groups is 1. The molecule has 0 unspecified atom stereocenters. The van der Waals surface area contributed by atoms with Gasteiger partial charge in [-0.3, -0.25) is 32.7 Å². The van der Waals surface area contributed by atoms with Gasteiger partial charge < -0.3 is 9.47 Å². The van der Waals surface area contributed by atoms with Crippen LogP contribution in [-0.4, -0.2) is 55.1 Å². The Morgan fingerprint density at radius 3 is 2.28 bits per heavy atom. The molecule has 36 heavy (non-hydrogen) atoms. The number of halogens is 7. The van der Waals surface area contributed by atoms with Crippen molar-refractivity contribution in [2.75, 3.05) is 19.8 Å². The lowest BCUT2D eigenvalue weighted by Gasteiger charge is -2.24. The molecular formula is C17H20Cl6FN2O9P. The smallest absolute Gasteiger partial charge is 0.459 e. The maximum Gasteiger partial charge on any atom is 0.475 e. The van der Waals surface area contributed by atoms with Gasteiger partial charge in [-0.15, -0.1) is 0 Å². The predicted octanol–water partition coefficient (Wildman–Crippen LogP) is 4.57. The van der Waals surface area contributed by atoms with Crippen LogP contribution in [0.4, 0.5) is 4.39 Å². The molecule has 0 aromatic carbocycles. The highest BCUT2D eigenvalue weighted by Gasteiger charge is 2.43. The van der Waals surface area contributed by atoms with E-state index >= 15 is 0 Å². The number of hydrogen-bond acceptors (Lipinski definition) is 9. The Labute approximate surface area is 233 Å². The zero-order chi connectivity index (χ0) is 27.3. The molecule has 2 heterocycles. The Bertz CT molecular complexity index is 1050. The molecule has 0 amide bonds. The second-order valence-corrected chi connectivity index (χ2v) is 14.0. The van der Waals surface area contributed by atoms with E-state index in [4.69, 9.17) is 92.7 Å². The molecule has 19 heteroatoms. The van der Waals surface area contributed by atoms with Crippen LogP contribution in [0.5, 0.6) is 0 Å². The van der Waals surface area contributed by atoms with Gasteiger partial charge in [0.05, 0.1) is 12.8 Å². The third kappa shape index (κ3) is 10.6. The van der Waals surface area contributed by atoms with Crippen molar-refractivity contribution in [3.8, 4) is 0 Å². The van der Waals surface area contributed by atoms with E-state index in [9.17, 15) is 23.3 Å². The van der Waals surface area contributed by atoms with Gasteiger partial charge in [0.2, 0.25) is 13.4 Å². The lowest BCUT2D eigenvalue weighted by Crippen LogP contribution is -2.34. The van der Waals surface area contributed by atoms with Gasteiger partial charge in [0.15, 0.2) is 0 Å². The van der Waals surface area contributed by atoms with Crippen LogP contribution < -0.4 is 11.2 Å². The standard InChI is InChI=1S/C17H20Cl6FN2O9P/c1-2-3-13(27)35-10-4-12(26-5-9(24)14(28)25-15(26)29)34-11(10)6-31-36(30,32-7-16(18,19)20)33-8-17(21,22)23/h5,10-12H,2-4,6-8H2,1H3,(H,25,28,29)/t10-,11+,12+/m0/s1. The summed E-state index contributed by atoms with van der Waals surface area (Å²) < 4.78 is 49.9. The minimum absolute atomic E-state index is 0.0686. The lowest BCUT2D eigenvalue weighted by molar-refractivity contribution is -0.153. The fourth-order valence-electron chi connectivity index (χ4n) is 2.83. The van der Waals surface area contributed by atoms with Gasteiger partial charge in [0.25, 0.3) is 5.56 Å². The Balaban J connectivity index is 2.24. The topological polar surface area (TPSA) is 135 Å². The molecule has 0 saturated carbocycles. The molecule has 0 spiro atoms. The Hall–Kier alpha value is -0.110. The summed E-state index contributed by atoms with van der Waals surface area (Å²) in [4.78, 5) is 37.4. The van der Waals surface area contributed by atoms with Crippen LogP contribution in [0.3, 0.4) is 0 Å². The Morgan fingerprint density at radius 1 is 1.17 bits per heavy atom. The van der Waals surface area contributed by atoms with E-state index in [1.54, 1.807) is 11.9 Å². The van der Waals surface area contributed by atoms with E-state index in [0.29, 0.717) is 12.6 Å². The predicted molar refractivity (Wildman–Crippen MR) is 131 cm³/mol. The molecule has 1 N–H and O–H groups in total. The summed E-state index contributed by atoms with van der Waals surface area (Å²) >= 11 is 33.7. The normalized spacial score (nSPS) is 21.1. The third-order valence-electron chi connectivity index (χ3n) is 4.32. The first-order valence-corrected chi connectivity index (χ1v) is 13.8. The summed E-state index contributed by atoms with van der Waals surface area (Å²) in [5.74, 6) is -1.85. The summed E-state index contributed by atoms with van der Waals surface area (Å²) in [7, 11) is -4.56. The average molecular weight is 659 g/mol. The molecule has 1 aliphatic rings. The number of carbonyl (C=O) groups is 1. The monoisotopic (exact) mass is 656 g/mol. The van der Waals surface area contributed by atoms with Gasteiger partial charge in [-0.2, -0.15) is 4.39 Å². The van der Waals surface area contributed by atoms with E-state index in [0.717, 1.165) is 4.57 Å². The van der Waals surface area contributed by atoms with Gasteiger partial charge in [-0.05, 0) is 6.42 Å². The van der Waals surface area contributed by atoms with Gasteiger partial charge in [-0.1, -0.05) is 76.5 Å². The number of ether oxygens (including phenoxy) is 2. The quantitative estimate of drug-likeness (QED) is 0.206. The third-order valence-corrected chi connectivity index (χ3v) is 6.33. The van der Waals surface area contributed by atoms with Crippen molar-refractivity contribution in [3.05, 3.63) is 32.9 Å². The molecule has 0 bridgehead atoms. The van der Waals surface area contributed by atoms with Crippen molar-refractivity contribution in [1.29, 1.82) is 0 Å². The Morgan fingerprint density at radius 2 is 1.75 bits per heavy atom. The number of aromatic amines is 1.